The Bertz CT molecular complexity index is 493. The highest BCUT2D eigenvalue weighted by Gasteiger charge is 2.24. The van der Waals surface area contributed by atoms with Gasteiger partial charge in [0, 0.05) is 13.6 Å². The fourth-order valence-corrected chi connectivity index (χ4v) is 3.00. The smallest absolute Gasteiger partial charge is 0.236 e. The number of methoxy groups -OCH3 is 1. The second kappa shape index (κ2) is 8.31. The zero-order chi connectivity index (χ0) is 16.8. The molecule has 5 heteroatoms. The van der Waals surface area contributed by atoms with E-state index in [1.807, 2.05) is 38.2 Å². The van der Waals surface area contributed by atoms with Crippen molar-refractivity contribution in [1.29, 1.82) is 0 Å². The molecule has 1 aliphatic heterocycles. The molecule has 0 bridgehead atoms. The van der Waals surface area contributed by atoms with Gasteiger partial charge in [-0.15, -0.1) is 0 Å². The average molecular weight is 320 g/mol. The Balaban J connectivity index is 1.78. The lowest BCUT2D eigenvalue weighted by Gasteiger charge is -2.33. The number of carbonyl (C=O) groups is 1. The Morgan fingerprint density at radius 2 is 1.96 bits per heavy atom. The Kier molecular flexibility index (Phi) is 6.42. The van der Waals surface area contributed by atoms with Gasteiger partial charge in [-0.3, -0.25) is 9.69 Å². The van der Waals surface area contributed by atoms with Crippen LogP contribution in [0.3, 0.4) is 0 Å². The fraction of sp³-hybridized carbons (Fsp3) is 0.611. The van der Waals surface area contributed by atoms with Gasteiger partial charge < -0.3 is 14.7 Å². The van der Waals surface area contributed by atoms with Crippen LogP contribution in [0, 0.1) is 5.92 Å². The Labute approximate surface area is 138 Å². The maximum absolute atomic E-state index is 12.4. The van der Waals surface area contributed by atoms with Crippen molar-refractivity contribution in [1.82, 2.24) is 9.80 Å². The third kappa shape index (κ3) is 5.22. The predicted molar refractivity (Wildman–Crippen MR) is 90.3 cm³/mol. The van der Waals surface area contributed by atoms with Crippen molar-refractivity contribution in [2.45, 2.75) is 32.4 Å². The van der Waals surface area contributed by atoms with Crippen LogP contribution in [0.1, 0.15) is 25.3 Å². The highest BCUT2D eigenvalue weighted by Crippen LogP contribution is 2.20. The number of benzene rings is 1. The van der Waals surface area contributed by atoms with Crippen LogP contribution in [0.4, 0.5) is 0 Å². The van der Waals surface area contributed by atoms with E-state index < -0.39 is 0 Å². The van der Waals surface area contributed by atoms with Crippen LogP contribution in [-0.2, 0) is 11.3 Å². The van der Waals surface area contributed by atoms with Crippen LogP contribution in [0.2, 0.25) is 0 Å². The number of rotatable bonds is 6. The molecule has 1 aromatic carbocycles. The molecular formula is C18H28N2O3. The number of amides is 1. The number of likely N-dealkylation sites (tertiary alicyclic amines) is 1. The molecule has 0 saturated carbocycles. The van der Waals surface area contributed by atoms with Crippen LogP contribution in [0.5, 0.6) is 5.75 Å². The number of hydrogen-bond donors (Lipinski definition) is 1. The first-order chi connectivity index (χ1) is 11.0. The molecular weight excluding hydrogens is 292 g/mol. The molecule has 23 heavy (non-hydrogen) atoms. The van der Waals surface area contributed by atoms with Gasteiger partial charge in [0.2, 0.25) is 5.91 Å². The van der Waals surface area contributed by atoms with Gasteiger partial charge in [0.1, 0.15) is 5.75 Å². The summed E-state index contributed by atoms with van der Waals surface area (Å²) in [6, 6.07) is 7.79. The maximum atomic E-state index is 12.4. The van der Waals surface area contributed by atoms with Gasteiger partial charge in [-0.25, -0.2) is 0 Å². The third-order valence-corrected chi connectivity index (χ3v) is 4.68. The standard InChI is InChI=1S/C18H28N2O3/c1-14(21)16-8-10-20(11-9-16)13-18(22)19(2)12-15-4-6-17(23-3)7-5-15/h4-7,14,16,21H,8-13H2,1-3H3. The quantitative estimate of drug-likeness (QED) is 0.867. The Hall–Kier alpha value is -1.59. The molecule has 0 aliphatic carbocycles. The van der Waals surface area contributed by atoms with E-state index in [9.17, 15) is 9.90 Å². The highest BCUT2D eigenvalue weighted by atomic mass is 16.5. The monoisotopic (exact) mass is 320 g/mol. The Morgan fingerprint density at radius 3 is 2.48 bits per heavy atom. The average Bonchev–Trinajstić information content (AvgIpc) is 2.56. The molecule has 1 unspecified atom stereocenters. The van der Waals surface area contributed by atoms with Crippen molar-refractivity contribution >= 4 is 5.91 Å². The largest absolute Gasteiger partial charge is 0.497 e. The molecule has 1 amide bonds. The van der Waals surface area contributed by atoms with Gasteiger partial charge >= 0.3 is 0 Å². The number of aliphatic hydroxyl groups excluding tert-OH is 1. The van der Waals surface area contributed by atoms with Crippen molar-refractivity contribution in [3.05, 3.63) is 29.8 Å². The Morgan fingerprint density at radius 1 is 1.35 bits per heavy atom. The normalized spacial score (nSPS) is 17.7. The number of hydrogen-bond acceptors (Lipinski definition) is 4. The van der Waals surface area contributed by atoms with E-state index in [4.69, 9.17) is 4.74 Å². The summed E-state index contributed by atoms with van der Waals surface area (Å²) in [6.07, 6.45) is 1.69. The minimum Gasteiger partial charge on any atom is -0.497 e. The van der Waals surface area contributed by atoms with Crippen LogP contribution in [-0.4, -0.2) is 60.7 Å². The number of ether oxygens (including phenoxy) is 1. The van der Waals surface area contributed by atoms with Gasteiger partial charge in [0.05, 0.1) is 19.8 Å². The first-order valence-corrected chi connectivity index (χ1v) is 8.27. The van der Waals surface area contributed by atoms with Gasteiger partial charge in [0.25, 0.3) is 0 Å². The summed E-state index contributed by atoms with van der Waals surface area (Å²) >= 11 is 0. The minimum atomic E-state index is -0.245. The fourth-order valence-electron chi connectivity index (χ4n) is 3.00. The molecule has 0 spiro atoms. The van der Waals surface area contributed by atoms with Crippen LogP contribution >= 0.6 is 0 Å². The van der Waals surface area contributed by atoms with Gasteiger partial charge in [-0.1, -0.05) is 12.1 Å². The van der Waals surface area contributed by atoms with Crippen molar-refractivity contribution in [3.8, 4) is 5.75 Å². The molecule has 128 valence electrons. The van der Waals surface area contributed by atoms with E-state index in [0.29, 0.717) is 19.0 Å². The van der Waals surface area contributed by atoms with Gasteiger partial charge in [-0.2, -0.15) is 0 Å². The topological polar surface area (TPSA) is 53.0 Å². The van der Waals surface area contributed by atoms with Gasteiger partial charge in [0.15, 0.2) is 0 Å². The van der Waals surface area contributed by atoms with Crippen molar-refractivity contribution in [2.75, 3.05) is 33.8 Å². The third-order valence-electron chi connectivity index (χ3n) is 4.68. The lowest BCUT2D eigenvalue weighted by Crippen LogP contribution is -2.43. The second-order valence-electron chi connectivity index (χ2n) is 6.45. The van der Waals surface area contributed by atoms with Crippen molar-refractivity contribution in [3.63, 3.8) is 0 Å². The van der Waals surface area contributed by atoms with Crippen LogP contribution in [0.15, 0.2) is 24.3 Å². The molecule has 1 aromatic rings. The summed E-state index contributed by atoms with van der Waals surface area (Å²) in [5.74, 6) is 1.33. The molecule has 5 nitrogen and oxygen atoms in total. The molecule has 1 N–H and O–H groups in total. The van der Waals surface area contributed by atoms with E-state index in [1.165, 1.54) is 0 Å². The minimum absolute atomic E-state index is 0.135. The summed E-state index contributed by atoms with van der Waals surface area (Å²) in [5.41, 5.74) is 1.09. The number of aliphatic hydroxyl groups is 1. The second-order valence-corrected chi connectivity index (χ2v) is 6.45. The predicted octanol–water partition coefficient (Wildman–Crippen LogP) is 1.75. The molecule has 2 rings (SSSR count). The summed E-state index contributed by atoms with van der Waals surface area (Å²) in [6.45, 7) is 4.69. The number of nitrogens with zero attached hydrogens (tertiary/aromatic N) is 2. The summed E-state index contributed by atoms with van der Waals surface area (Å²) < 4.78 is 5.14. The molecule has 1 aliphatic rings. The van der Waals surface area contributed by atoms with Crippen molar-refractivity contribution in [2.24, 2.45) is 5.92 Å². The highest BCUT2D eigenvalue weighted by molar-refractivity contribution is 5.78. The lowest BCUT2D eigenvalue weighted by atomic mass is 9.92. The molecule has 1 fully saturated rings. The van der Waals surface area contributed by atoms with Crippen LogP contribution in [0.25, 0.3) is 0 Å². The summed E-state index contributed by atoms with van der Waals surface area (Å²) in [5, 5.41) is 9.63. The van der Waals surface area contributed by atoms with Crippen LogP contribution < -0.4 is 4.74 Å². The number of carbonyl (C=O) groups excluding carboxylic acids is 1. The molecule has 0 radical (unpaired) electrons. The van der Waals surface area contributed by atoms with E-state index in [2.05, 4.69) is 4.90 Å². The van der Waals surface area contributed by atoms with E-state index in [-0.39, 0.29) is 12.0 Å². The van der Waals surface area contributed by atoms with E-state index >= 15 is 0 Å². The van der Waals surface area contributed by atoms with E-state index in [1.54, 1.807) is 12.0 Å². The number of likely N-dealkylation sites (N-methyl/N-ethyl adjacent to an activating group) is 1. The summed E-state index contributed by atoms with van der Waals surface area (Å²) in [7, 11) is 3.49. The number of piperidine rings is 1. The first-order valence-electron chi connectivity index (χ1n) is 8.27. The van der Waals surface area contributed by atoms with E-state index in [0.717, 1.165) is 37.2 Å². The first kappa shape index (κ1) is 17.8. The molecule has 1 atom stereocenters. The molecule has 1 heterocycles. The molecule has 0 aromatic heterocycles. The zero-order valence-corrected chi connectivity index (χ0v) is 14.4. The molecule has 1 saturated heterocycles. The maximum Gasteiger partial charge on any atom is 0.236 e. The summed E-state index contributed by atoms with van der Waals surface area (Å²) in [4.78, 5) is 16.3. The SMILES string of the molecule is COc1ccc(CN(C)C(=O)CN2CCC(C(C)O)CC2)cc1. The lowest BCUT2D eigenvalue weighted by molar-refractivity contribution is -0.132. The van der Waals surface area contributed by atoms with Crippen molar-refractivity contribution < 1.29 is 14.6 Å². The zero-order valence-electron chi connectivity index (χ0n) is 14.4. The van der Waals surface area contributed by atoms with Gasteiger partial charge in [-0.05, 0) is 56.5 Å².